The summed E-state index contributed by atoms with van der Waals surface area (Å²) in [5.41, 5.74) is 6.91. The Morgan fingerprint density at radius 1 is 1.20 bits per heavy atom. The van der Waals surface area contributed by atoms with Crippen LogP contribution in [-0.4, -0.2) is 39.4 Å². The standard InChI is InChI=1S/C18H29N3O3.HI/c1-22-16-9-8-14(12-17(16)23-2)13-21-18(19)20-10-5-11-24-15-6-3-4-7-15;/h8-9,12,15H,3-7,10-11,13H2,1-2H3,(H3,19,20,21);1H. The molecule has 2 rings (SSSR count). The molecule has 0 atom stereocenters. The van der Waals surface area contributed by atoms with E-state index in [9.17, 15) is 0 Å². The highest BCUT2D eigenvalue weighted by Gasteiger charge is 2.14. The van der Waals surface area contributed by atoms with E-state index in [0.29, 0.717) is 30.1 Å². The third-order valence-electron chi connectivity index (χ3n) is 4.16. The van der Waals surface area contributed by atoms with Crippen LogP contribution in [0.3, 0.4) is 0 Å². The summed E-state index contributed by atoms with van der Waals surface area (Å²) in [6.45, 7) is 2.05. The predicted molar refractivity (Wildman–Crippen MR) is 111 cm³/mol. The predicted octanol–water partition coefficient (Wildman–Crippen LogP) is 3.08. The molecule has 6 nitrogen and oxygen atoms in total. The van der Waals surface area contributed by atoms with Crippen molar-refractivity contribution in [3.8, 4) is 11.5 Å². The molecule has 1 aliphatic carbocycles. The van der Waals surface area contributed by atoms with Crippen molar-refractivity contribution in [3.63, 3.8) is 0 Å². The quantitative estimate of drug-likeness (QED) is 0.255. The number of methoxy groups -OCH3 is 2. The Bertz CT molecular complexity index is 534. The molecule has 1 fully saturated rings. The van der Waals surface area contributed by atoms with Gasteiger partial charge in [-0.3, -0.25) is 0 Å². The largest absolute Gasteiger partial charge is 0.493 e. The molecule has 0 radical (unpaired) electrons. The minimum Gasteiger partial charge on any atom is -0.493 e. The van der Waals surface area contributed by atoms with E-state index in [0.717, 1.165) is 25.1 Å². The molecule has 7 heteroatoms. The first-order valence-corrected chi connectivity index (χ1v) is 8.59. The molecule has 0 aliphatic heterocycles. The topological polar surface area (TPSA) is 78.1 Å². The van der Waals surface area contributed by atoms with Crippen molar-refractivity contribution >= 4 is 29.9 Å². The summed E-state index contributed by atoms with van der Waals surface area (Å²) in [6, 6.07) is 5.73. The molecule has 0 aromatic heterocycles. The van der Waals surface area contributed by atoms with Crippen LogP contribution in [0.5, 0.6) is 11.5 Å². The molecule has 142 valence electrons. The van der Waals surface area contributed by atoms with Crippen molar-refractivity contribution in [2.45, 2.75) is 44.8 Å². The maximum atomic E-state index is 5.89. The van der Waals surface area contributed by atoms with Gasteiger partial charge in [-0.25, -0.2) is 4.99 Å². The maximum Gasteiger partial charge on any atom is 0.188 e. The molecular weight excluding hydrogens is 433 g/mol. The molecule has 0 spiro atoms. The van der Waals surface area contributed by atoms with Gasteiger partial charge in [-0.05, 0) is 37.0 Å². The molecule has 0 heterocycles. The van der Waals surface area contributed by atoms with Gasteiger partial charge in [-0.15, -0.1) is 24.0 Å². The van der Waals surface area contributed by atoms with Crippen LogP contribution in [0.4, 0.5) is 0 Å². The fourth-order valence-corrected chi connectivity index (χ4v) is 2.80. The van der Waals surface area contributed by atoms with E-state index in [-0.39, 0.29) is 24.0 Å². The first-order chi connectivity index (χ1) is 11.7. The minimum absolute atomic E-state index is 0. The third kappa shape index (κ3) is 7.68. The number of aliphatic imine (C=N–C) groups is 1. The van der Waals surface area contributed by atoms with Gasteiger partial charge in [-0.2, -0.15) is 0 Å². The van der Waals surface area contributed by atoms with Crippen molar-refractivity contribution in [2.24, 2.45) is 10.7 Å². The van der Waals surface area contributed by atoms with Gasteiger partial charge >= 0.3 is 0 Å². The second-order valence-corrected chi connectivity index (χ2v) is 5.95. The monoisotopic (exact) mass is 463 g/mol. The number of guanidine groups is 1. The Kier molecular flexibility index (Phi) is 10.6. The molecular formula is C18H30IN3O3. The van der Waals surface area contributed by atoms with Crippen molar-refractivity contribution in [1.29, 1.82) is 0 Å². The Morgan fingerprint density at radius 2 is 1.92 bits per heavy atom. The Hall–Kier alpha value is -1.22. The SMILES string of the molecule is COc1ccc(CN=C(N)NCCCOC2CCCC2)cc1OC.I. The lowest BCUT2D eigenvalue weighted by molar-refractivity contribution is 0.0574. The van der Waals surface area contributed by atoms with Crippen LogP contribution in [-0.2, 0) is 11.3 Å². The van der Waals surface area contributed by atoms with E-state index in [1.807, 2.05) is 18.2 Å². The van der Waals surface area contributed by atoms with E-state index in [1.165, 1.54) is 25.7 Å². The van der Waals surface area contributed by atoms with Crippen molar-refractivity contribution in [2.75, 3.05) is 27.4 Å². The average Bonchev–Trinajstić information content (AvgIpc) is 3.12. The number of hydrogen-bond donors (Lipinski definition) is 2. The first-order valence-electron chi connectivity index (χ1n) is 8.59. The molecule has 0 saturated heterocycles. The number of benzene rings is 1. The second-order valence-electron chi connectivity index (χ2n) is 5.95. The van der Waals surface area contributed by atoms with Gasteiger partial charge < -0.3 is 25.3 Å². The minimum atomic E-state index is 0. The number of ether oxygens (including phenoxy) is 3. The summed E-state index contributed by atoms with van der Waals surface area (Å²) < 4.78 is 16.3. The molecule has 0 amide bonds. The van der Waals surface area contributed by atoms with Crippen LogP contribution in [0.2, 0.25) is 0 Å². The Morgan fingerprint density at radius 3 is 2.60 bits per heavy atom. The molecule has 1 aliphatic rings. The molecule has 1 saturated carbocycles. The summed E-state index contributed by atoms with van der Waals surface area (Å²) in [7, 11) is 3.24. The maximum absolute atomic E-state index is 5.89. The normalized spacial score (nSPS) is 14.9. The van der Waals surface area contributed by atoms with E-state index in [4.69, 9.17) is 19.9 Å². The molecule has 1 aromatic carbocycles. The molecule has 1 aromatic rings. The fraction of sp³-hybridized carbons (Fsp3) is 0.611. The zero-order chi connectivity index (χ0) is 17.2. The van der Waals surface area contributed by atoms with Crippen molar-refractivity contribution in [3.05, 3.63) is 23.8 Å². The number of nitrogens with two attached hydrogens (primary N) is 1. The van der Waals surface area contributed by atoms with Crippen molar-refractivity contribution in [1.82, 2.24) is 5.32 Å². The third-order valence-corrected chi connectivity index (χ3v) is 4.16. The number of nitrogens with zero attached hydrogens (tertiary/aromatic N) is 1. The highest BCUT2D eigenvalue weighted by molar-refractivity contribution is 14.0. The molecule has 3 N–H and O–H groups in total. The van der Waals surface area contributed by atoms with Gasteiger partial charge in [0, 0.05) is 13.2 Å². The second kappa shape index (κ2) is 12.2. The average molecular weight is 463 g/mol. The lowest BCUT2D eigenvalue weighted by Gasteiger charge is -2.11. The van der Waals surface area contributed by atoms with E-state index in [2.05, 4.69) is 10.3 Å². The van der Waals surface area contributed by atoms with Crippen molar-refractivity contribution < 1.29 is 14.2 Å². The highest BCUT2D eigenvalue weighted by Crippen LogP contribution is 2.27. The zero-order valence-corrected chi connectivity index (χ0v) is 17.5. The van der Waals surface area contributed by atoms with Crippen LogP contribution >= 0.6 is 24.0 Å². The first kappa shape index (κ1) is 21.8. The highest BCUT2D eigenvalue weighted by atomic mass is 127. The van der Waals surface area contributed by atoms with Gasteiger partial charge in [0.05, 0.1) is 26.9 Å². The Labute approximate surface area is 167 Å². The molecule has 0 unspecified atom stereocenters. The van der Waals surface area contributed by atoms with E-state index in [1.54, 1.807) is 14.2 Å². The van der Waals surface area contributed by atoms with Gasteiger partial charge in [-0.1, -0.05) is 18.9 Å². The smallest absolute Gasteiger partial charge is 0.188 e. The number of halogens is 1. The summed E-state index contributed by atoms with van der Waals surface area (Å²) in [5, 5.41) is 3.12. The Balaban J connectivity index is 0.00000312. The fourth-order valence-electron chi connectivity index (χ4n) is 2.80. The molecule has 0 bridgehead atoms. The molecule has 25 heavy (non-hydrogen) atoms. The number of nitrogens with one attached hydrogen (secondary N) is 1. The zero-order valence-electron chi connectivity index (χ0n) is 15.1. The lowest BCUT2D eigenvalue weighted by Crippen LogP contribution is -2.33. The van der Waals surface area contributed by atoms with Gasteiger partial charge in [0.15, 0.2) is 17.5 Å². The van der Waals surface area contributed by atoms with Crippen LogP contribution < -0.4 is 20.5 Å². The van der Waals surface area contributed by atoms with E-state index >= 15 is 0 Å². The summed E-state index contributed by atoms with van der Waals surface area (Å²) in [5.74, 6) is 1.85. The van der Waals surface area contributed by atoms with Crippen LogP contribution in [0.1, 0.15) is 37.7 Å². The summed E-state index contributed by atoms with van der Waals surface area (Å²) in [6.07, 6.45) is 6.44. The number of rotatable bonds is 9. The van der Waals surface area contributed by atoms with Gasteiger partial charge in [0.2, 0.25) is 0 Å². The van der Waals surface area contributed by atoms with Crippen LogP contribution in [0.15, 0.2) is 23.2 Å². The van der Waals surface area contributed by atoms with Crippen LogP contribution in [0.25, 0.3) is 0 Å². The van der Waals surface area contributed by atoms with E-state index < -0.39 is 0 Å². The van der Waals surface area contributed by atoms with Crippen LogP contribution in [0, 0.1) is 0 Å². The van der Waals surface area contributed by atoms with Gasteiger partial charge in [0.25, 0.3) is 0 Å². The van der Waals surface area contributed by atoms with Gasteiger partial charge in [0.1, 0.15) is 0 Å². The lowest BCUT2D eigenvalue weighted by atomic mass is 10.2. The number of hydrogen-bond acceptors (Lipinski definition) is 4. The summed E-state index contributed by atoms with van der Waals surface area (Å²) >= 11 is 0. The summed E-state index contributed by atoms with van der Waals surface area (Å²) in [4.78, 5) is 4.35.